The van der Waals surface area contributed by atoms with Gasteiger partial charge in [0.15, 0.2) is 0 Å². The van der Waals surface area contributed by atoms with Crippen LogP contribution >= 0.6 is 27.5 Å². The summed E-state index contributed by atoms with van der Waals surface area (Å²) >= 11 is 9.31. The minimum Gasteiger partial charge on any atom is -0.387 e. The molecule has 0 bridgehead atoms. The first-order valence-corrected chi connectivity index (χ1v) is 6.23. The molecule has 0 radical (unpaired) electrons. The van der Waals surface area contributed by atoms with Gasteiger partial charge in [-0.3, -0.25) is 0 Å². The molecule has 0 spiro atoms. The first-order valence-electron chi connectivity index (χ1n) is 5.05. The first-order chi connectivity index (χ1) is 8.00. The zero-order chi connectivity index (χ0) is 12.6. The number of hydrogen-bond acceptors (Lipinski definition) is 3. The molecule has 0 aromatic carbocycles. The Bertz CT molecular complexity index is 554. The van der Waals surface area contributed by atoms with Crippen molar-refractivity contribution in [2.75, 3.05) is 0 Å². The Balaban J connectivity index is 2.64. The lowest BCUT2D eigenvalue weighted by Crippen LogP contribution is -2.06. The van der Waals surface area contributed by atoms with E-state index in [1.165, 1.54) is 0 Å². The van der Waals surface area contributed by atoms with E-state index in [1.54, 1.807) is 23.9 Å². The van der Waals surface area contributed by atoms with E-state index in [1.807, 2.05) is 13.0 Å². The van der Waals surface area contributed by atoms with Crippen molar-refractivity contribution in [3.63, 3.8) is 0 Å². The molecule has 0 fully saturated rings. The molecule has 0 aliphatic rings. The quantitative estimate of drug-likeness (QED) is 0.866. The SMILES string of the molecule is Cc1cc(C(C)O)n(-c2ccnc(Cl)c2Br)n1. The number of aliphatic hydroxyl groups is 1. The number of pyridine rings is 1. The summed E-state index contributed by atoms with van der Waals surface area (Å²) in [5, 5.41) is 14.4. The fraction of sp³-hybridized carbons (Fsp3) is 0.273. The molecule has 0 saturated heterocycles. The number of hydrogen-bond donors (Lipinski definition) is 1. The van der Waals surface area contributed by atoms with Crippen molar-refractivity contribution in [1.29, 1.82) is 0 Å². The molecule has 1 unspecified atom stereocenters. The zero-order valence-electron chi connectivity index (χ0n) is 9.35. The van der Waals surface area contributed by atoms with Gasteiger partial charge in [0, 0.05) is 6.20 Å². The van der Waals surface area contributed by atoms with Crippen molar-refractivity contribution in [2.45, 2.75) is 20.0 Å². The molecule has 2 aromatic heterocycles. The van der Waals surface area contributed by atoms with E-state index in [0.29, 0.717) is 15.3 Å². The van der Waals surface area contributed by atoms with Crippen LogP contribution in [0.15, 0.2) is 22.8 Å². The van der Waals surface area contributed by atoms with Crippen molar-refractivity contribution in [1.82, 2.24) is 14.8 Å². The van der Waals surface area contributed by atoms with Gasteiger partial charge in [-0.15, -0.1) is 0 Å². The number of aromatic nitrogens is 3. The standard InChI is InChI=1S/C11H11BrClN3O/c1-6-5-9(7(2)17)16(15-6)8-3-4-14-11(13)10(8)12/h3-5,7,17H,1-2H3. The van der Waals surface area contributed by atoms with Crippen LogP contribution in [0.3, 0.4) is 0 Å². The topological polar surface area (TPSA) is 50.9 Å². The molecular weight excluding hydrogens is 305 g/mol. The molecule has 0 aliphatic heterocycles. The van der Waals surface area contributed by atoms with Gasteiger partial charge in [0.1, 0.15) is 5.15 Å². The highest BCUT2D eigenvalue weighted by molar-refractivity contribution is 9.10. The third kappa shape index (κ3) is 2.36. The van der Waals surface area contributed by atoms with Gasteiger partial charge in [-0.1, -0.05) is 11.6 Å². The molecule has 2 heterocycles. The molecule has 0 saturated carbocycles. The molecule has 17 heavy (non-hydrogen) atoms. The van der Waals surface area contributed by atoms with Crippen LogP contribution in [0.2, 0.25) is 5.15 Å². The molecule has 2 rings (SSSR count). The summed E-state index contributed by atoms with van der Waals surface area (Å²) < 4.78 is 2.32. The predicted octanol–water partition coefficient (Wildman–Crippen LogP) is 3.04. The number of aliphatic hydroxyl groups excluding tert-OH is 1. The second-order valence-electron chi connectivity index (χ2n) is 3.73. The van der Waals surface area contributed by atoms with Gasteiger partial charge in [0.25, 0.3) is 0 Å². The Hall–Kier alpha value is -0.910. The van der Waals surface area contributed by atoms with Crippen LogP contribution in [-0.4, -0.2) is 19.9 Å². The molecule has 0 aliphatic carbocycles. The summed E-state index contributed by atoms with van der Waals surface area (Å²) in [5.74, 6) is 0. The molecule has 1 atom stereocenters. The van der Waals surface area contributed by atoms with Crippen molar-refractivity contribution >= 4 is 27.5 Å². The highest BCUT2D eigenvalue weighted by Gasteiger charge is 2.15. The minimum absolute atomic E-state index is 0.368. The Morgan fingerprint density at radius 1 is 1.53 bits per heavy atom. The van der Waals surface area contributed by atoms with E-state index in [0.717, 1.165) is 11.4 Å². The monoisotopic (exact) mass is 315 g/mol. The predicted molar refractivity (Wildman–Crippen MR) is 69.4 cm³/mol. The molecule has 0 amide bonds. The van der Waals surface area contributed by atoms with E-state index in [9.17, 15) is 5.11 Å². The second kappa shape index (κ2) is 4.76. The van der Waals surface area contributed by atoms with Gasteiger partial charge in [-0.2, -0.15) is 5.10 Å². The largest absolute Gasteiger partial charge is 0.387 e. The van der Waals surface area contributed by atoms with Crippen LogP contribution in [0.4, 0.5) is 0 Å². The Kier molecular flexibility index (Phi) is 3.51. The average Bonchev–Trinajstić information content (AvgIpc) is 2.64. The average molecular weight is 317 g/mol. The van der Waals surface area contributed by atoms with Crippen LogP contribution in [0, 0.1) is 6.92 Å². The third-order valence-corrected chi connectivity index (χ3v) is 3.64. The van der Waals surface area contributed by atoms with E-state index in [-0.39, 0.29) is 0 Å². The summed E-state index contributed by atoms with van der Waals surface area (Å²) in [5.41, 5.74) is 2.31. The highest BCUT2D eigenvalue weighted by Crippen LogP contribution is 2.29. The Labute approximate surface area is 112 Å². The smallest absolute Gasteiger partial charge is 0.145 e. The van der Waals surface area contributed by atoms with E-state index < -0.39 is 6.10 Å². The van der Waals surface area contributed by atoms with Crippen molar-refractivity contribution in [2.24, 2.45) is 0 Å². The lowest BCUT2D eigenvalue weighted by atomic mass is 10.2. The zero-order valence-corrected chi connectivity index (χ0v) is 11.7. The maximum Gasteiger partial charge on any atom is 0.145 e. The first kappa shape index (κ1) is 12.5. The maximum atomic E-state index is 9.71. The molecule has 90 valence electrons. The fourth-order valence-electron chi connectivity index (χ4n) is 1.58. The molecule has 6 heteroatoms. The van der Waals surface area contributed by atoms with Crippen LogP contribution in [-0.2, 0) is 0 Å². The summed E-state index contributed by atoms with van der Waals surface area (Å²) in [6.45, 7) is 3.57. The second-order valence-corrected chi connectivity index (χ2v) is 4.88. The van der Waals surface area contributed by atoms with Gasteiger partial charge in [0.2, 0.25) is 0 Å². The van der Waals surface area contributed by atoms with Crippen LogP contribution in [0.5, 0.6) is 0 Å². The van der Waals surface area contributed by atoms with Crippen molar-refractivity contribution in [3.8, 4) is 5.69 Å². The van der Waals surface area contributed by atoms with E-state index >= 15 is 0 Å². The summed E-state index contributed by atoms with van der Waals surface area (Å²) in [6.07, 6.45) is 1.00. The van der Waals surface area contributed by atoms with Gasteiger partial charge >= 0.3 is 0 Å². The number of nitrogens with zero attached hydrogens (tertiary/aromatic N) is 3. The van der Waals surface area contributed by atoms with Crippen LogP contribution in [0.1, 0.15) is 24.4 Å². The lowest BCUT2D eigenvalue weighted by Gasteiger charge is -2.11. The van der Waals surface area contributed by atoms with Gasteiger partial charge in [-0.25, -0.2) is 9.67 Å². The fourth-order valence-corrected chi connectivity index (χ4v) is 2.14. The van der Waals surface area contributed by atoms with Crippen molar-refractivity contribution in [3.05, 3.63) is 39.3 Å². The Morgan fingerprint density at radius 2 is 2.24 bits per heavy atom. The molecule has 1 N–H and O–H groups in total. The number of halogens is 2. The minimum atomic E-state index is -0.602. The summed E-state index contributed by atoms with van der Waals surface area (Å²) in [6, 6.07) is 3.62. The van der Waals surface area contributed by atoms with Gasteiger partial charge in [0.05, 0.1) is 27.7 Å². The Morgan fingerprint density at radius 3 is 2.88 bits per heavy atom. The number of rotatable bonds is 2. The third-order valence-electron chi connectivity index (χ3n) is 2.34. The molecule has 2 aromatic rings. The van der Waals surface area contributed by atoms with Gasteiger partial charge < -0.3 is 5.11 Å². The lowest BCUT2D eigenvalue weighted by molar-refractivity contribution is 0.191. The van der Waals surface area contributed by atoms with Gasteiger partial charge in [-0.05, 0) is 41.9 Å². The van der Waals surface area contributed by atoms with Crippen LogP contribution in [0.25, 0.3) is 5.69 Å². The van der Waals surface area contributed by atoms with Crippen molar-refractivity contribution < 1.29 is 5.11 Å². The van der Waals surface area contributed by atoms with E-state index in [2.05, 4.69) is 26.0 Å². The van der Waals surface area contributed by atoms with E-state index in [4.69, 9.17) is 11.6 Å². The number of aryl methyl sites for hydroxylation is 1. The van der Waals surface area contributed by atoms with Crippen LogP contribution < -0.4 is 0 Å². The normalized spacial score (nSPS) is 12.8. The molecule has 4 nitrogen and oxygen atoms in total. The maximum absolute atomic E-state index is 9.71. The summed E-state index contributed by atoms with van der Waals surface area (Å²) in [4.78, 5) is 3.96. The highest BCUT2D eigenvalue weighted by atomic mass is 79.9. The summed E-state index contributed by atoms with van der Waals surface area (Å²) in [7, 11) is 0. The molecular formula is C11H11BrClN3O.